The molecule has 2 rings (SSSR count). The average molecular weight is 212 g/mol. The van der Waals surface area contributed by atoms with Crippen molar-refractivity contribution in [3.8, 4) is 0 Å². The lowest BCUT2D eigenvalue weighted by molar-refractivity contribution is -0.128. The normalized spacial score (nSPS) is 32.3. The Morgan fingerprint density at radius 2 is 2.33 bits per heavy atom. The van der Waals surface area contributed by atoms with E-state index in [-0.39, 0.29) is 5.91 Å². The van der Waals surface area contributed by atoms with Gasteiger partial charge in [-0.3, -0.25) is 4.79 Å². The van der Waals surface area contributed by atoms with Gasteiger partial charge >= 0.3 is 0 Å². The fourth-order valence-corrected chi connectivity index (χ4v) is 2.45. The van der Waals surface area contributed by atoms with Crippen LogP contribution in [0, 0.1) is 11.8 Å². The molecule has 1 amide bonds. The summed E-state index contributed by atoms with van der Waals surface area (Å²) in [6, 6.07) is 0. The molecule has 0 saturated carbocycles. The summed E-state index contributed by atoms with van der Waals surface area (Å²) < 4.78 is 5.42. The Balaban J connectivity index is 1.81. The summed E-state index contributed by atoms with van der Waals surface area (Å²) in [6.45, 7) is 4.05. The van der Waals surface area contributed by atoms with Gasteiger partial charge in [0.05, 0.1) is 6.61 Å². The number of ether oxygens (including phenoxy) is 1. The van der Waals surface area contributed by atoms with Crippen LogP contribution in [0.3, 0.4) is 0 Å². The highest BCUT2D eigenvalue weighted by molar-refractivity contribution is 5.78. The highest BCUT2D eigenvalue weighted by Crippen LogP contribution is 2.21. The Morgan fingerprint density at radius 3 is 2.93 bits per heavy atom. The van der Waals surface area contributed by atoms with E-state index in [1.165, 1.54) is 6.42 Å². The standard InChI is InChI=1S/C11H20N2O2/c12-5-10-4-11(14)13(7-10)6-9-2-1-3-15-8-9/h9-10H,1-8,12H2. The van der Waals surface area contributed by atoms with Gasteiger partial charge in [0.25, 0.3) is 0 Å². The molecule has 0 bridgehead atoms. The topological polar surface area (TPSA) is 55.6 Å². The van der Waals surface area contributed by atoms with Gasteiger partial charge in [0.15, 0.2) is 0 Å². The fraction of sp³-hybridized carbons (Fsp3) is 0.909. The maximum absolute atomic E-state index is 11.6. The molecule has 2 aliphatic heterocycles. The van der Waals surface area contributed by atoms with Crippen LogP contribution in [-0.4, -0.2) is 43.7 Å². The van der Waals surface area contributed by atoms with Gasteiger partial charge in [-0.2, -0.15) is 0 Å². The molecule has 2 aliphatic rings. The Labute approximate surface area is 90.8 Å². The third-order valence-electron chi connectivity index (χ3n) is 3.36. The molecule has 4 heteroatoms. The van der Waals surface area contributed by atoms with Crippen molar-refractivity contribution in [3.05, 3.63) is 0 Å². The Bertz CT molecular complexity index is 227. The minimum Gasteiger partial charge on any atom is -0.381 e. The van der Waals surface area contributed by atoms with Crippen molar-refractivity contribution >= 4 is 5.91 Å². The number of hydrogen-bond donors (Lipinski definition) is 1. The van der Waals surface area contributed by atoms with Crippen molar-refractivity contribution in [1.29, 1.82) is 0 Å². The first-order valence-electron chi connectivity index (χ1n) is 5.85. The lowest BCUT2D eigenvalue weighted by Crippen LogP contribution is -2.35. The minimum atomic E-state index is 0.274. The summed E-state index contributed by atoms with van der Waals surface area (Å²) >= 11 is 0. The summed E-state index contributed by atoms with van der Waals surface area (Å²) in [7, 11) is 0. The third-order valence-corrected chi connectivity index (χ3v) is 3.36. The van der Waals surface area contributed by atoms with E-state index in [2.05, 4.69) is 0 Å². The second-order valence-electron chi connectivity index (χ2n) is 4.69. The number of rotatable bonds is 3. The summed E-state index contributed by atoms with van der Waals surface area (Å²) in [5, 5.41) is 0. The van der Waals surface area contributed by atoms with Crippen LogP contribution < -0.4 is 5.73 Å². The first-order chi connectivity index (χ1) is 7.29. The van der Waals surface area contributed by atoms with Gasteiger partial charge in [0.1, 0.15) is 0 Å². The number of carbonyl (C=O) groups excluding carboxylic acids is 1. The number of hydrogen-bond acceptors (Lipinski definition) is 3. The molecule has 86 valence electrons. The van der Waals surface area contributed by atoms with Crippen LogP contribution in [0.1, 0.15) is 19.3 Å². The highest BCUT2D eigenvalue weighted by Gasteiger charge is 2.30. The molecular weight excluding hydrogens is 192 g/mol. The first-order valence-corrected chi connectivity index (χ1v) is 5.85. The zero-order valence-corrected chi connectivity index (χ0v) is 9.15. The number of carbonyl (C=O) groups is 1. The molecule has 15 heavy (non-hydrogen) atoms. The van der Waals surface area contributed by atoms with Crippen molar-refractivity contribution in [2.75, 3.05) is 32.8 Å². The zero-order chi connectivity index (χ0) is 10.7. The molecule has 2 unspecified atom stereocenters. The van der Waals surface area contributed by atoms with Gasteiger partial charge < -0.3 is 15.4 Å². The van der Waals surface area contributed by atoms with Gasteiger partial charge in [0.2, 0.25) is 5.91 Å². The maximum atomic E-state index is 11.6. The summed E-state index contributed by atoms with van der Waals surface area (Å²) in [6.07, 6.45) is 2.97. The average Bonchev–Trinajstić information content (AvgIpc) is 2.61. The maximum Gasteiger partial charge on any atom is 0.222 e. The number of amides is 1. The smallest absolute Gasteiger partial charge is 0.222 e. The van der Waals surface area contributed by atoms with Gasteiger partial charge in [-0.15, -0.1) is 0 Å². The first kappa shape index (κ1) is 10.9. The molecule has 0 spiro atoms. The molecule has 2 heterocycles. The van der Waals surface area contributed by atoms with Crippen LogP contribution >= 0.6 is 0 Å². The minimum absolute atomic E-state index is 0.274. The van der Waals surface area contributed by atoms with Crippen LogP contribution in [0.4, 0.5) is 0 Å². The van der Waals surface area contributed by atoms with Gasteiger partial charge in [0, 0.05) is 26.1 Å². The van der Waals surface area contributed by atoms with Crippen LogP contribution in [0.25, 0.3) is 0 Å². The van der Waals surface area contributed by atoms with E-state index in [0.29, 0.717) is 24.8 Å². The van der Waals surface area contributed by atoms with Crippen molar-refractivity contribution in [2.45, 2.75) is 19.3 Å². The fourth-order valence-electron chi connectivity index (χ4n) is 2.45. The number of nitrogens with two attached hydrogens (primary N) is 1. The lowest BCUT2D eigenvalue weighted by Gasteiger charge is -2.27. The van der Waals surface area contributed by atoms with Crippen molar-refractivity contribution < 1.29 is 9.53 Å². The number of nitrogens with zero attached hydrogens (tertiary/aromatic N) is 1. The quantitative estimate of drug-likeness (QED) is 0.728. The molecule has 2 atom stereocenters. The van der Waals surface area contributed by atoms with E-state index in [9.17, 15) is 4.79 Å². The van der Waals surface area contributed by atoms with Gasteiger partial charge in [-0.1, -0.05) is 0 Å². The van der Waals surface area contributed by atoms with E-state index in [0.717, 1.165) is 32.7 Å². The predicted octanol–water partition coefficient (Wildman–Crippen LogP) is 0.220. The van der Waals surface area contributed by atoms with Crippen LogP contribution in [0.5, 0.6) is 0 Å². The van der Waals surface area contributed by atoms with Gasteiger partial charge in [-0.25, -0.2) is 0 Å². The molecule has 0 aromatic heterocycles. The Hall–Kier alpha value is -0.610. The van der Waals surface area contributed by atoms with E-state index in [1.54, 1.807) is 0 Å². The summed E-state index contributed by atoms with van der Waals surface area (Å²) in [5.41, 5.74) is 5.59. The van der Waals surface area contributed by atoms with Crippen LogP contribution in [-0.2, 0) is 9.53 Å². The molecular formula is C11H20N2O2. The van der Waals surface area contributed by atoms with Crippen molar-refractivity contribution in [2.24, 2.45) is 17.6 Å². The molecule has 0 aromatic carbocycles. The van der Waals surface area contributed by atoms with Crippen molar-refractivity contribution in [3.63, 3.8) is 0 Å². The van der Waals surface area contributed by atoms with Crippen LogP contribution in [0.2, 0.25) is 0 Å². The highest BCUT2D eigenvalue weighted by atomic mass is 16.5. The molecule has 0 radical (unpaired) electrons. The zero-order valence-electron chi connectivity index (χ0n) is 9.15. The molecule has 0 aliphatic carbocycles. The summed E-state index contributed by atoms with van der Waals surface area (Å²) in [5.74, 6) is 1.19. The lowest BCUT2D eigenvalue weighted by atomic mass is 10.0. The second kappa shape index (κ2) is 4.94. The Kier molecular flexibility index (Phi) is 3.59. The molecule has 0 aromatic rings. The summed E-state index contributed by atoms with van der Waals surface area (Å²) in [4.78, 5) is 13.6. The largest absolute Gasteiger partial charge is 0.381 e. The molecule has 2 saturated heterocycles. The SMILES string of the molecule is NCC1CC(=O)N(CC2CCCOC2)C1. The van der Waals surface area contributed by atoms with Crippen molar-refractivity contribution in [1.82, 2.24) is 4.90 Å². The van der Waals surface area contributed by atoms with E-state index in [1.807, 2.05) is 4.90 Å². The monoisotopic (exact) mass is 212 g/mol. The molecule has 4 nitrogen and oxygen atoms in total. The Morgan fingerprint density at radius 1 is 1.47 bits per heavy atom. The van der Waals surface area contributed by atoms with E-state index >= 15 is 0 Å². The van der Waals surface area contributed by atoms with Gasteiger partial charge in [-0.05, 0) is 31.2 Å². The van der Waals surface area contributed by atoms with E-state index in [4.69, 9.17) is 10.5 Å². The molecule has 2 fully saturated rings. The number of likely N-dealkylation sites (tertiary alicyclic amines) is 1. The van der Waals surface area contributed by atoms with Crippen LogP contribution in [0.15, 0.2) is 0 Å². The third kappa shape index (κ3) is 2.69. The molecule has 2 N–H and O–H groups in total. The van der Waals surface area contributed by atoms with E-state index < -0.39 is 0 Å². The second-order valence-corrected chi connectivity index (χ2v) is 4.69. The predicted molar refractivity (Wildman–Crippen MR) is 57.3 cm³/mol.